The number of rotatable bonds is 16. The zero-order chi connectivity index (χ0) is 22.2. The van der Waals surface area contributed by atoms with Gasteiger partial charge in [0.2, 0.25) is 0 Å². The number of hydrogen-bond acceptors (Lipinski definition) is 6. The Morgan fingerprint density at radius 2 is 1.20 bits per heavy atom. The third-order valence-electron chi connectivity index (χ3n) is 5.58. The number of carbonyl (C=O) groups excluding carboxylic acids is 2. The second kappa shape index (κ2) is 16.5. The minimum Gasteiger partial charge on any atom is -0.391 e. The first-order chi connectivity index (χ1) is 14.6. The second-order valence-electron chi connectivity index (χ2n) is 7.92. The highest BCUT2D eigenvalue weighted by atomic mass is 32.1. The van der Waals surface area contributed by atoms with Gasteiger partial charge in [-0.3, -0.25) is 0 Å². The van der Waals surface area contributed by atoms with E-state index in [2.05, 4.69) is 43.8 Å². The summed E-state index contributed by atoms with van der Waals surface area (Å²) in [5, 5.41) is 0. The summed E-state index contributed by atoms with van der Waals surface area (Å²) in [6.45, 7) is 4.42. The number of hydrogen-bond donors (Lipinski definition) is 2. The highest BCUT2D eigenvalue weighted by molar-refractivity contribution is 7.75. The molecule has 0 aliphatic carbocycles. The number of carbonyl (C=O) groups is 2. The van der Waals surface area contributed by atoms with Crippen molar-refractivity contribution in [3.8, 4) is 0 Å². The van der Waals surface area contributed by atoms with Crippen LogP contribution in [-0.4, -0.2) is 11.9 Å². The SMILES string of the molecule is CCCCCCCCc1ccc(C(=O)OS)c(C(=O)OS)c1CCCCCCCC. The van der Waals surface area contributed by atoms with E-state index in [1.54, 1.807) is 6.07 Å². The maximum Gasteiger partial charge on any atom is 0.351 e. The van der Waals surface area contributed by atoms with Gasteiger partial charge in [-0.05, 0) is 42.9 Å². The van der Waals surface area contributed by atoms with Gasteiger partial charge in [0.15, 0.2) is 0 Å². The average Bonchev–Trinajstić information content (AvgIpc) is 2.77. The fourth-order valence-corrected chi connectivity index (χ4v) is 4.08. The number of unbranched alkanes of at least 4 members (excludes halogenated alkanes) is 10. The van der Waals surface area contributed by atoms with Crippen LogP contribution >= 0.6 is 25.8 Å². The van der Waals surface area contributed by atoms with Crippen LogP contribution in [0.2, 0.25) is 0 Å². The highest BCUT2D eigenvalue weighted by Crippen LogP contribution is 2.26. The molecule has 0 N–H and O–H groups in total. The Bertz CT molecular complexity index is 646. The Labute approximate surface area is 193 Å². The molecule has 170 valence electrons. The van der Waals surface area contributed by atoms with Crippen molar-refractivity contribution in [3.05, 3.63) is 34.4 Å². The fourth-order valence-electron chi connectivity index (χ4n) is 3.89. The van der Waals surface area contributed by atoms with Gasteiger partial charge in [-0.15, -0.1) is 0 Å². The lowest BCUT2D eigenvalue weighted by molar-refractivity contribution is 0.0729. The Hall–Kier alpha value is -1.14. The van der Waals surface area contributed by atoms with Gasteiger partial charge < -0.3 is 8.37 Å². The maximum atomic E-state index is 12.5. The van der Waals surface area contributed by atoms with Crippen molar-refractivity contribution < 1.29 is 18.0 Å². The quantitative estimate of drug-likeness (QED) is 0.154. The van der Waals surface area contributed by atoms with E-state index in [-0.39, 0.29) is 11.1 Å². The van der Waals surface area contributed by atoms with Crippen LogP contribution in [0.1, 0.15) is 123 Å². The van der Waals surface area contributed by atoms with Gasteiger partial charge in [0.1, 0.15) is 0 Å². The Kier molecular flexibility index (Phi) is 14.8. The molecule has 0 radical (unpaired) electrons. The molecule has 0 atom stereocenters. The molecule has 1 aromatic carbocycles. The molecule has 1 aromatic rings. The fraction of sp³-hybridized carbons (Fsp3) is 0.667. The van der Waals surface area contributed by atoms with E-state index < -0.39 is 11.9 Å². The maximum absolute atomic E-state index is 12.5. The third-order valence-corrected chi connectivity index (χ3v) is 5.91. The molecule has 4 nitrogen and oxygen atoms in total. The monoisotopic (exact) mass is 454 g/mol. The van der Waals surface area contributed by atoms with E-state index in [1.807, 2.05) is 6.07 Å². The summed E-state index contributed by atoms with van der Waals surface area (Å²) >= 11 is 7.33. The predicted octanol–water partition coefficient (Wildman–Crippen LogP) is 7.50. The topological polar surface area (TPSA) is 52.6 Å². The number of aryl methyl sites for hydroxylation is 1. The van der Waals surface area contributed by atoms with Crippen molar-refractivity contribution in [3.63, 3.8) is 0 Å². The summed E-state index contributed by atoms with van der Waals surface area (Å²) < 4.78 is 9.31. The highest BCUT2D eigenvalue weighted by Gasteiger charge is 2.25. The van der Waals surface area contributed by atoms with Crippen LogP contribution < -0.4 is 0 Å². The second-order valence-corrected chi connectivity index (χ2v) is 8.28. The van der Waals surface area contributed by atoms with E-state index >= 15 is 0 Å². The van der Waals surface area contributed by atoms with Gasteiger partial charge in [0.05, 0.1) is 11.1 Å². The zero-order valence-electron chi connectivity index (χ0n) is 18.6. The molecule has 0 heterocycles. The first-order valence-corrected chi connectivity index (χ1v) is 12.2. The molecule has 0 saturated heterocycles. The Balaban J connectivity index is 3.00. The lowest BCUT2D eigenvalue weighted by atomic mass is 9.89. The molecule has 0 amide bonds. The zero-order valence-corrected chi connectivity index (χ0v) is 20.4. The first-order valence-electron chi connectivity index (χ1n) is 11.5. The molecule has 1 rings (SSSR count). The number of thiol groups is 2. The van der Waals surface area contributed by atoms with Crippen molar-refractivity contribution >= 4 is 37.8 Å². The summed E-state index contributed by atoms with van der Waals surface area (Å²) in [6.07, 6.45) is 15.9. The molecule has 0 aliphatic rings. The number of benzene rings is 1. The van der Waals surface area contributed by atoms with E-state index in [0.717, 1.165) is 43.2 Å². The van der Waals surface area contributed by atoms with E-state index in [0.29, 0.717) is 0 Å². The van der Waals surface area contributed by atoms with Crippen molar-refractivity contribution in [2.75, 3.05) is 0 Å². The van der Waals surface area contributed by atoms with Crippen LogP contribution in [-0.2, 0) is 21.2 Å². The van der Waals surface area contributed by atoms with Gasteiger partial charge >= 0.3 is 11.9 Å². The van der Waals surface area contributed by atoms with E-state index in [9.17, 15) is 9.59 Å². The van der Waals surface area contributed by atoms with E-state index in [1.165, 1.54) is 57.8 Å². The lowest BCUT2D eigenvalue weighted by Gasteiger charge is -2.16. The van der Waals surface area contributed by atoms with Gasteiger partial charge in [0, 0.05) is 25.8 Å². The standard InChI is InChI=1S/C24H38O4S2/c1-3-5-7-9-11-13-15-19-17-18-21(23(25)27-29)22(24(26)28-30)20(19)16-14-12-10-8-6-4-2/h17-18,29-30H,3-16H2,1-2H3. The van der Waals surface area contributed by atoms with Crippen LogP contribution in [0, 0.1) is 0 Å². The predicted molar refractivity (Wildman–Crippen MR) is 129 cm³/mol. The van der Waals surface area contributed by atoms with Crippen molar-refractivity contribution in [1.82, 2.24) is 0 Å². The van der Waals surface area contributed by atoms with Crippen molar-refractivity contribution in [2.24, 2.45) is 0 Å². The van der Waals surface area contributed by atoms with Gasteiger partial charge in [-0.1, -0.05) is 84.1 Å². The smallest absolute Gasteiger partial charge is 0.351 e. The van der Waals surface area contributed by atoms with Gasteiger partial charge in [-0.25, -0.2) is 9.59 Å². The van der Waals surface area contributed by atoms with Crippen LogP contribution in [0.3, 0.4) is 0 Å². The van der Waals surface area contributed by atoms with Crippen molar-refractivity contribution in [2.45, 2.75) is 104 Å². The van der Waals surface area contributed by atoms with Crippen LogP contribution in [0.4, 0.5) is 0 Å². The van der Waals surface area contributed by atoms with E-state index in [4.69, 9.17) is 4.18 Å². The molecular weight excluding hydrogens is 416 g/mol. The molecule has 6 heteroatoms. The minimum atomic E-state index is -0.651. The molecule has 0 aromatic heterocycles. The summed E-state index contributed by atoms with van der Waals surface area (Å²) in [5.41, 5.74) is 2.48. The summed E-state index contributed by atoms with van der Waals surface area (Å²) in [7, 11) is 0. The molecule has 0 spiro atoms. The molecule has 0 aliphatic heterocycles. The van der Waals surface area contributed by atoms with Gasteiger partial charge in [-0.2, -0.15) is 0 Å². The lowest BCUT2D eigenvalue weighted by Crippen LogP contribution is -2.15. The summed E-state index contributed by atoms with van der Waals surface area (Å²) in [5.74, 6) is -1.26. The third kappa shape index (κ3) is 9.34. The average molecular weight is 455 g/mol. The molecule has 30 heavy (non-hydrogen) atoms. The molecule has 0 fully saturated rings. The Morgan fingerprint density at radius 3 is 1.73 bits per heavy atom. The largest absolute Gasteiger partial charge is 0.391 e. The molecule has 0 saturated carbocycles. The summed E-state index contributed by atoms with van der Waals surface area (Å²) in [6, 6.07) is 3.60. The molecule has 0 unspecified atom stereocenters. The Morgan fingerprint density at radius 1 is 0.700 bits per heavy atom. The molecule has 0 bridgehead atoms. The normalized spacial score (nSPS) is 10.8. The van der Waals surface area contributed by atoms with Crippen LogP contribution in [0.25, 0.3) is 0 Å². The molecular formula is C24H38O4S2. The first kappa shape index (κ1) is 26.9. The van der Waals surface area contributed by atoms with Crippen LogP contribution in [0.15, 0.2) is 12.1 Å². The minimum absolute atomic E-state index is 0.191. The van der Waals surface area contributed by atoms with Crippen molar-refractivity contribution in [1.29, 1.82) is 0 Å². The van der Waals surface area contributed by atoms with Gasteiger partial charge in [0.25, 0.3) is 0 Å². The van der Waals surface area contributed by atoms with Crippen LogP contribution in [0.5, 0.6) is 0 Å². The summed E-state index contributed by atoms with van der Waals surface area (Å²) in [4.78, 5) is 24.7.